The summed E-state index contributed by atoms with van der Waals surface area (Å²) in [5, 5.41) is 7.56. The van der Waals surface area contributed by atoms with Crippen molar-refractivity contribution in [3.05, 3.63) is 224 Å². The molecule has 0 N–H and O–H groups in total. The zero-order valence-corrected chi connectivity index (χ0v) is 32.5. The van der Waals surface area contributed by atoms with Crippen molar-refractivity contribution < 1.29 is 0 Å². The minimum atomic E-state index is 1.10. The summed E-state index contributed by atoms with van der Waals surface area (Å²) in [7, 11) is 0. The van der Waals surface area contributed by atoms with Crippen LogP contribution < -0.4 is 4.90 Å². The van der Waals surface area contributed by atoms with Crippen LogP contribution in [0.3, 0.4) is 0 Å². The van der Waals surface area contributed by atoms with E-state index in [1.807, 2.05) is 11.3 Å². The highest BCUT2D eigenvalue weighted by Crippen LogP contribution is 2.48. The maximum Gasteiger partial charge on any atom is 0.0546 e. The van der Waals surface area contributed by atoms with E-state index in [-0.39, 0.29) is 0 Å². The van der Waals surface area contributed by atoms with Gasteiger partial charge in [-0.2, -0.15) is 0 Å². The maximum absolute atomic E-state index is 2.48. The SMILES string of the molecule is c1ccc(-c2ccccc2-c2ccccc2-c2ccccc2N(c2ccc(-c3ccc4c(c3)sc3ccccc34)cc2)c2cc3ccccc3c3ccccc23)cc1. The second-order valence-electron chi connectivity index (χ2n) is 14.8. The van der Waals surface area contributed by atoms with Crippen molar-refractivity contribution in [1.82, 2.24) is 0 Å². The Hall–Kier alpha value is -7.26. The topological polar surface area (TPSA) is 3.24 Å². The zero-order valence-electron chi connectivity index (χ0n) is 31.7. The van der Waals surface area contributed by atoms with Crippen molar-refractivity contribution in [2.45, 2.75) is 0 Å². The molecule has 2 heteroatoms. The molecule has 1 heterocycles. The third-order valence-corrected chi connectivity index (χ3v) is 12.6. The number of hydrogen-bond acceptors (Lipinski definition) is 2. The molecule has 0 bridgehead atoms. The van der Waals surface area contributed by atoms with E-state index < -0.39 is 0 Å². The number of nitrogens with zero attached hydrogens (tertiary/aromatic N) is 1. The van der Waals surface area contributed by atoms with Crippen LogP contribution in [-0.4, -0.2) is 0 Å². The van der Waals surface area contributed by atoms with Gasteiger partial charge < -0.3 is 4.90 Å². The number of rotatable bonds is 7. The van der Waals surface area contributed by atoms with Gasteiger partial charge in [0.15, 0.2) is 0 Å². The van der Waals surface area contributed by atoms with Crippen molar-refractivity contribution in [2.75, 3.05) is 4.90 Å². The Bertz CT molecular complexity index is 3290. The predicted octanol–water partition coefficient (Wildman–Crippen LogP) is 16.5. The fourth-order valence-corrected chi connectivity index (χ4v) is 9.92. The van der Waals surface area contributed by atoms with Gasteiger partial charge >= 0.3 is 0 Å². The smallest absolute Gasteiger partial charge is 0.0546 e. The minimum absolute atomic E-state index is 1.10. The van der Waals surface area contributed by atoms with Gasteiger partial charge in [0.2, 0.25) is 0 Å². The van der Waals surface area contributed by atoms with Crippen LogP contribution in [0.15, 0.2) is 224 Å². The summed E-state index contributed by atoms with van der Waals surface area (Å²) in [5.74, 6) is 0. The first-order chi connectivity index (χ1) is 28.8. The summed E-state index contributed by atoms with van der Waals surface area (Å²) in [6, 6.07) is 82.0. The van der Waals surface area contributed by atoms with Crippen molar-refractivity contribution in [2.24, 2.45) is 0 Å². The molecule has 0 fully saturated rings. The molecule has 58 heavy (non-hydrogen) atoms. The Morgan fingerprint density at radius 3 is 1.59 bits per heavy atom. The quantitative estimate of drug-likeness (QED) is 0.146. The standard InChI is InChI=1S/C56H37NS/c1-2-16-39(17-3-1)43-19-6-7-21-45(43)47-23-8-9-24-48(47)49-25-12-14-28-53(49)57(54-36-41-18-4-5-20-44(41)46-22-10-11-26-50(46)54)42-33-30-38(31-34-42)40-32-35-52-51-27-13-15-29-55(51)58-56(52)37-40/h1-37H. The number of thiophene rings is 1. The highest BCUT2D eigenvalue weighted by molar-refractivity contribution is 7.25. The Kier molecular flexibility index (Phi) is 8.42. The molecule has 0 saturated carbocycles. The van der Waals surface area contributed by atoms with Gasteiger partial charge in [0.05, 0.1) is 11.4 Å². The Balaban J connectivity index is 1.11. The van der Waals surface area contributed by atoms with E-state index in [9.17, 15) is 0 Å². The molecule has 0 aliphatic rings. The molecule has 272 valence electrons. The normalized spacial score (nSPS) is 11.4. The molecule has 10 aromatic carbocycles. The van der Waals surface area contributed by atoms with Gasteiger partial charge in [0.1, 0.15) is 0 Å². The Morgan fingerprint density at radius 1 is 0.276 bits per heavy atom. The number of para-hydroxylation sites is 1. The summed E-state index contributed by atoms with van der Waals surface area (Å²) in [4.78, 5) is 2.48. The lowest BCUT2D eigenvalue weighted by Gasteiger charge is -2.30. The number of anilines is 3. The van der Waals surface area contributed by atoms with Crippen molar-refractivity contribution in [3.8, 4) is 44.5 Å². The average Bonchev–Trinajstić information content (AvgIpc) is 3.68. The van der Waals surface area contributed by atoms with E-state index in [0.29, 0.717) is 0 Å². The first kappa shape index (κ1) is 34.0. The van der Waals surface area contributed by atoms with E-state index >= 15 is 0 Å². The fraction of sp³-hybridized carbons (Fsp3) is 0. The summed E-state index contributed by atoms with van der Waals surface area (Å²) in [6.45, 7) is 0. The molecule has 0 atom stereocenters. The zero-order chi connectivity index (χ0) is 38.4. The predicted molar refractivity (Wildman–Crippen MR) is 251 cm³/mol. The third kappa shape index (κ3) is 5.86. The van der Waals surface area contributed by atoms with E-state index in [1.54, 1.807) is 0 Å². The highest BCUT2D eigenvalue weighted by Gasteiger charge is 2.22. The number of benzene rings is 10. The molecule has 0 amide bonds. The lowest BCUT2D eigenvalue weighted by molar-refractivity contribution is 1.30. The number of fused-ring (bicyclic) bond motifs is 6. The van der Waals surface area contributed by atoms with E-state index in [1.165, 1.54) is 80.7 Å². The maximum atomic E-state index is 2.48. The van der Waals surface area contributed by atoms with Crippen molar-refractivity contribution >= 4 is 70.1 Å². The van der Waals surface area contributed by atoms with Gasteiger partial charge in [-0.25, -0.2) is 0 Å². The molecule has 0 aliphatic carbocycles. The van der Waals surface area contributed by atoms with Gasteiger partial charge in [0.25, 0.3) is 0 Å². The lowest BCUT2D eigenvalue weighted by Crippen LogP contribution is -2.12. The van der Waals surface area contributed by atoms with Crippen LogP contribution in [0, 0.1) is 0 Å². The molecular formula is C56H37NS. The second kappa shape index (κ2) is 14.4. The molecule has 1 aromatic heterocycles. The number of hydrogen-bond donors (Lipinski definition) is 0. The summed E-state index contributed by atoms with van der Waals surface area (Å²) < 4.78 is 2.64. The van der Waals surface area contributed by atoms with E-state index in [4.69, 9.17) is 0 Å². The monoisotopic (exact) mass is 755 g/mol. The van der Waals surface area contributed by atoms with E-state index in [0.717, 1.165) is 22.6 Å². The van der Waals surface area contributed by atoms with Gasteiger partial charge in [-0.3, -0.25) is 0 Å². The lowest BCUT2D eigenvalue weighted by atomic mass is 9.88. The molecule has 11 rings (SSSR count). The van der Waals surface area contributed by atoms with Crippen LogP contribution in [0.1, 0.15) is 0 Å². The molecule has 0 spiro atoms. The van der Waals surface area contributed by atoms with Crippen LogP contribution in [0.25, 0.3) is 86.2 Å². The van der Waals surface area contributed by atoms with Crippen LogP contribution in [0.4, 0.5) is 17.1 Å². The molecule has 0 saturated heterocycles. The van der Waals surface area contributed by atoms with Crippen LogP contribution in [-0.2, 0) is 0 Å². The molecule has 1 nitrogen and oxygen atoms in total. The molecule has 0 unspecified atom stereocenters. The Labute approximate surface area is 342 Å². The third-order valence-electron chi connectivity index (χ3n) is 11.5. The second-order valence-corrected chi connectivity index (χ2v) is 15.9. The Morgan fingerprint density at radius 2 is 0.810 bits per heavy atom. The van der Waals surface area contributed by atoms with Crippen LogP contribution in [0.2, 0.25) is 0 Å². The van der Waals surface area contributed by atoms with Crippen LogP contribution in [0.5, 0.6) is 0 Å². The van der Waals surface area contributed by atoms with Gasteiger partial charge in [-0.15, -0.1) is 11.3 Å². The molecular weight excluding hydrogens is 719 g/mol. The molecule has 0 radical (unpaired) electrons. The van der Waals surface area contributed by atoms with Gasteiger partial charge in [0, 0.05) is 36.8 Å². The fourth-order valence-electron chi connectivity index (χ4n) is 8.77. The van der Waals surface area contributed by atoms with Gasteiger partial charge in [-0.05, 0) is 91.5 Å². The summed E-state index contributed by atoms with van der Waals surface area (Å²) >= 11 is 1.87. The summed E-state index contributed by atoms with van der Waals surface area (Å²) in [6.07, 6.45) is 0. The highest BCUT2D eigenvalue weighted by atomic mass is 32.1. The molecule has 11 aromatic rings. The van der Waals surface area contributed by atoms with Crippen LogP contribution >= 0.6 is 11.3 Å². The molecule has 0 aliphatic heterocycles. The summed E-state index contributed by atoms with van der Waals surface area (Å²) in [5.41, 5.74) is 13.0. The van der Waals surface area contributed by atoms with Gasteiger partial charge in [-0.1, -0.05) is 188 Å². The largest absolute Gasteiger partial charge is 0.309 e. The first-order valence-corrected chi connectivity index (χ1v) is 20.7. The minimum Gasteiger partial charge on any atom is -0.309 e. The van der Waals surface area contributed by atoms with E-state index in [2.05, 4.69) is 229 Å². The average molecular weight is 756 g/mol. The first-order valence-electron chi connectivity index (χ1n) is 19.8. The van der Waals surface area contributed by atoms with Crippen molar-refractivity contribution in [3.63, 3.8) is 0 Å². The van der Waals surface area contributed by atoms with Crippen molar-refractivity contribution in [1.29, 1.82) is 0 Å².